The fraction of sp³-hybridized carbons (Fsp3) is 0.400. The van der Waals surface area contributed by atoms with Gasteiger partial charge in [-0.15, -0.1) is 0 Å². The van der Waals surface area contributed by atoms with Gasteiger partial charge in [0.25, 0.3) is 5.69 Å². The van der Waals surface area contributed by atoms with E-state index in [4.69, 9.17) is 15.2 Å². The number of benzene rings is 1. The van der Waals surface area contributed by atoms with Gasteiger partial charge in [0.1, 0.15) is 6.61 Å². The Morgan fingerprint density at radius 2 is 2.19 bits per heavy atom. The van der Waals surface area contributed by atoms with E-state index in [0.29, 0.717) is 11.5 Å². The van der Waals surface area contributed by atoms with Crippen LogP contribution < -0.4 is 15.2 Å². The molecular weight excluding hydrogens is 212 g/mol. The molecule has 0 amide bonds. The molecule has 0 aromatic heterocycles. The van der Waals surface area contributed by atoms with Gasteiger partial charge in [0, 0.05) is 12.1 Å². The van der Waals surface area contributed by atoms with Crippen LogP contribution in [-0.2, 0) is 0 Å². The van der Waals surface area contributed by atoms with Gasteiger partial charge < -0.3 is 15.2 Å². The molecule has 0 radical (unpaired) electrons. The van der Waals surface area contributed by atoms with Gasteiger partial charge in [-0.25, -0.2) is 0 Å². The fourth-order valence-electron chi connectivity index (χ4n) is 1.11. The summed E-state index contributed by atoms with van der Waals surface area (Å²) < 4.78 is 10.3. The van der Waals surface area contributed by atoms with Crippen molar-refractivity contribution >= 4 is 5.69 Å². The van der Waals surface area contributed by atoms with Gasteiger partial charge in [-0.3, -0.25) is 10.1 Å². The average molecular weight is 226 g/mol. The Bertz CT molecular complexity index is 379. The van der Waals surface area contributed by atoms with Crippen molar-refractivity contribution < 1.29 is 14.4 Å². The Balaban J connectivity index is 2.93. The Kier molecular flexibility index (Phi) is 4.07. The van der Waals surface area contributed by atoms with E-state index < -0.39 is 4.92 Å². The van der Waals surface area contributed by atoms with Crippen molar-refractivity contribution in [2.75, 3.05) is 13.7 Å². The highest BCUT2D eigenvalue weighted by Crippen LogP contribution is 2.31. The molecule has 2 N–H and O–H groups in total. The third kappa shape index (κ3) is 3.09. The summed E-state index contributed by atoms with van der Waals surface area (Å²) in [5, 5.41) is 10.6. The molecule has 6 heteroatoms. The lowest BCUT2D eigenvalue weighted by molar-refractivity contribution is -0.385. The van der Waals surface area contributed by atoms with Gasteiger partial charge in [-0.05, 0) is 13.0 Å². The minimum Gasteiger partial charge on any atom is -0.493 e. The van der Waals surface area contributed by atoms with E-state index in [0.717, 1.165) is 0 Å². The van der Waals surface area contributed by atoms with Crippen LogP contribution in [0.1, 0.15) is 6.92 Å². The van der Waals surface area contributed by atoms with E-state index in [1.165, 1.54) is 25.3 Å². The number of hydrogen-bond acceptors (Lipinski definition) is 5. The van der Waals surface area contributed by atoms with Gasteiger partial charge in [0.15, 0.2) is 11.5 Å². The molecule has 0 saturated carbocycles. The quantitative estimate of drug-likeness (QED) is 0.604. The zero-order valence-corrected chi connectivity index (χ0v) is 9.17. The second-order valence-electron chi connectivity index (χ2n) is 3.38. The van der Waals surface area contributed by atoms with Gasteiger partial charge in [0.05, 0.1) is 18.1 Å². The van der Waals surface area contributed by atoms with Crippen LogP contribution in [0.25, 0.3) is 0 Å². The number of methoxy groups -OCH3 is 1. The first-order chi connectivity index (χ1) is 7.54. The molecule has 1 aromatic rings. The Labute approximate surface area is 93.1 Å². The zero-order chi connectivity index (χ0) is 12.1. The van der Waals surface area contributed by atoms with Crippen LogP contribution in [0.15, 0.2) is 18.2 Å². The molecule has 1 atom stereocenters. The lowest BCUT2D eigenvalue weighted by Gasteiger charge is -2.11. The highest BCUT2D eigenvalue weighted by molar-refractivity contribution is 5.48. The molecule has 0 aliphatic carbocycles. The minimum absolute atomic E-state index is 0.0412. The van der Waals surface area contributed by atoms with E-state index in [9.17, 15) is 10.1 Å². The third-order valence-electron chi connectivity index (χ3n) is 1.86. The first-order valence-electron chi connectivity index (χ1n) is 4.75. The van der Waals surface area contributed by atoms with E-state index in [1.54, 1.807) is 6.92 Å². The SMILES string of the molecule is COc1ccc([N+](=O)[O-])cc1OCC(C)N. The Morgan fingerprint density at radius 3 is 2.69 bits per heavy atom. The molecule has 1 rings (SSSR count). The Morgan fingerprint density at radius 1 is 1.50 bits per heavy atom. The van der Waals surface area contributed by atoms with Crippen LogP contribution in [0, 0.1) is 10.1 Å². The second kappa shape index (κ2) is 5.32. The van der Waals surface area contributed by atoms with Gasteiger partial charge in [-0.2, -0.15) is 0 Å². The predicted octanol–water partition coefficient (Wildman–Crippen LogP) is 1.33. The summed E-state index contributed by atoms with van der Waals surface area (Å²) in [7, 11) is 1.47. The summed E-state index contributed by atoms with van der Waals surface area (Å²) in [6, 6.07) is 4.02. The number of hydrogen-bond donors (Lipinski definition) is 1. The first kappa shape index (κ1) is 12.3. The molecule has 6 nitrogen and oxygen atoms in total. The highest BCUT2D eigenvalue weighted by Gasteiger charge is 2.12. The minimum atomic E-state index is -0.488. The number of nitrogens with zero attached hydrogens (tertiary/aromatic N) is 1. The molecule has 0 bridgehead atoms. The standard InChI is InChI=1S/C10H14N2O4/c1-7(11)6-16-10-5-8(12(13)14)3-4-9(10)15-2/h3-5,7H,6,11H2,1-2H3. The molecular formula is C10H14N2O4. The molecule has 0 saturated heterocycles. The van der Waals surface area contributed by atoms with Crippen molar-refractivity contribution in [2.45, 2.75) is 13.0 Å². The second-order valence-corrected chi connectivity index (χ2v) is 3.38. The lowest BCUT2D eigenvalue weighted by Crippen LogP contribution is -2.23. The summed E-state index contributed by atoms with van der Waals surface area (Å²) in [4.78, 5) is 10.1. The Hall–Kier alpha value is -1.82. The average Bonchev–Trinajstić information content (AvgIpc) is 2.25. The van der Waals surface area contributed by atoms with Crippen molar-refractivity contribution in [2.24, 2.45) is 5.73 Å². The number of nitrogens with two attached hydrogens (primary N) is 1. The summed E-state index contributed by atoms with van der Waals surface area (Å²) >= 11 is 0. The fourth-order valence-corrected chi connectivity index (χ4v) is 1.11. The van der Waals surface area contributed by atoms with Crippen molar-refractivity contribution in [3.63, 3.8) is 0 Å². The van der Waals surface area contributed by atoms with Crippen molar-refractivity contribution in [3.8, 4) is 11.5 Å². The lowest BCUT2D eigenvalue weighted by atomic mass is 10.3. The largest absolute Gasteiger partial charge is 0.493 e. The summed E-state index contributed by atoms with van der Waals surface area (Å²) in [5.74, 6) is 0.778. The number of nitro benzene ring substituents is 1. The maximum Gasteiger partial charge on any atom is 0.273 e. The number of rotatable bonds is 5. The number of ether oxygens (including phenoxy) is 2. The molecule has 16 heavy (non-hydrogen) atoms. The first-order valence-corrected chi connectivity index (χ1v) is 4.75. The normalized spacial score (nSPS) is 11.9. The zero-order valence-electron chi connectivity index (χ0n) is 9.17. The molecule has 0 spiro atoms. The molecule has 1 unspecified atom stereocenters. The van der Waals surface area contributed by atoms with Crippen LogP contribution >= 0.6 is 0 Å². The van der Waals surface area contributed by atoms with Gasteiger partial charge >= 0.3 is 0 Å². The highest BCUT2D eigenvalue weighted by atomic mass is 16.6. The molecule has 88 valence electrons. The van der Waals surface area contributed by atoms with Crippen LogP contribution in [0.2, 0.25) is 0 Å². The summed E-state index contributed by atoms with van der Waals surface area (Å²) in [5.41, 5.74) is 5.49. The molecule has 0 aliphatic rings. The van der Waals surface area contributed by atoms with E-state index in [-0.39, 0.29) is 18.3 Å². The maximum atomic E-state index is 10.6. The van der Waals surface area contributed by atoms with Crippen molar-refractivity contribution in [3.05, 3.63) is 28.3 Å². The van der Waals surface area contributed by atoms with E-state index in [2.05, 4.69) is 0 Å². The van der Waals surface area contributed by atoms with E-state index in [1.807, 2.05) is 0 Å². The smallest absolute Gasteiger partial charge is 0.273 e. The summed E-state index contributed by atoms with van der Waals surface area (Å²) in [6.45, 7) is 2.06. The molecule has 0 aliphatic heterocycles. The number of nitro groups is 1. The van der Waals surface area contributed by atoms with Crippen molar-refractivity contribution in [1.82, 2.24) is 0 Å². The predicted molar refractivity (Wildman–Crippen MR) is 58.8 cm³/mol. The van der Waals surface area contributed by atoms with Gasteiger partial charge in [-0.1, -0.05) is 0 Å². The third-order valence-corrected chi connectivity index (χ3v) is 1.86. The van der Waals surface area contributed by atoms with Crippen molar-refractivity contribution in [1.29, 1.82) is 0 Å². The van der Waals surface area contributed by atoms with Crippen LogP contribution in [0.3, 0.4) is 0 Å². The molecule has 0 fully saturated rings. The van der Waals surface area contributed by atoms with E-state index >= 15 is 0 Å². The van der Waals surface area contributed by atoms with Crippen LogP contribution in [-0.4, -0.2) is 24.7 Å². The monoisotopic (exact) mass is 226 g/mol. The van der Waals surface area contributed by atoms with Gasteiger partial charge in [0.2, 0.25) is 0 Å². The van der Waals surface area contributed by atoms with Crippen LogP contribution in [0.4, 0.5) is 5.69 Å². The number of non-ortho nitro benzene ring substituents is 1. The molecule has 0 heterocycles. The maximum absolute atomic E-state index is 10.6. The van der Waals surface area contributed by atoms with Crippen LogP contribution in [0.5, 0.6) is 11.5 Å². The molecule has 1 aromatic carbocycles. The summed E-state index contributed by atoms with van der Waals surface area (Å²) in [6.07, 6.45) is 0. The topological polar surface area (TPSA) is 87.6 Å².